The van der Waals surface area contributed by atoms with E-state index in [0.29, 0.717) is 17.8 Å². The van der Waals surface area contributed by atoms with E-state index >= 15 is 0 Å². The summed E-state index contributed by atoms with van der Waals surface area (Å²) in [7, 11) is 0. The maximum atomic E-state index is 11.1. The first-order valence-electron chi connectivity index (χ1n) is 9.39. The Morgan fingerprint density at radius 3 is 2.69 bits per heavy atom. The van der Waals surface area contributed by atoms with Gasteiger partial charge in [0.1, 0.15) is 0 Å². The first kappa shape index (κ1) is 18.6. The lowest BCUT2D eigenvalue weighted by molar-refractivity contribution is -0.108. The number of aliphatic imine (C=N–C) groups is 1. The first-order valence-corrected chi connectivity index (χ1v) is 9.39. The number of aryl methyl sites for hydroxylation is 1. The van der Waals surface area contributed by atoms with E-state index in [1.54, 1.807) is 0 Å². The van der Waals surface area contributed by atoms with Crippen LogP contribution in [0.1, 0.15) is 42.9 Å². The molecule has 3 rings (SSSR count). The van der Waals surface area contributed by atoms with Crippen molar-refractivity contribution < 1.29 is 9.53 Å². The van der Waals surface area contributed by atoms with Crippen LogP contribution in [0.15, 0.2) is 29.4 Å². The molecule has 1 aromatic carbocycles. The SMILES string of the molecule is C/C(=C\N=C(NC=O)N1CCC2(CCOC2)CC1)c1cccc(C)c1C. The zero-order valence-electron chi connectivity index (χ0n) is 16.0. The molecule has 0 radical (unpaired) electrons. The van der Waals surface area contributed by atoms with Gasteiger partial charge in [-0.2, -0.15) is 0 Å². The molecule has 2 aliphatic heterocycles. The predicted molar refractivity (Wildman–Crippen MR) is 105 cm³/mol. The van der Waals surface area contributed by atoms with Gasteiger partial charge in [0.25, 0.3) is 0 Å². The number of carbonyl (C=O) groups excluding carboxylic acids is 1. The maximum absolute atomic E-state index is 11.1. The van der Waals surface area contributed by atoms with Crippen LogP contribution in [-0.4, -0.2) is 43.6 Å². The van der Waals surface area contributed by atoms with Crippen molar-refractivity contribution in [3.8, 4) is 0 Å². The summed E-state index contributed by atoms with van der Waals surface area (Å²) in [5.41, 5.74) is 5.16. The van der Waals surface area contributed by atoms with Gasteiger partial charge in [0, 0.05) is 25.9 Å². The molecular weight excluding hydrogens is 326 g/mol. The highest BCUT2D eigenvalue weighted by Crippen LogP contribution is 2.39. The van der Waals surface area contributed by atoms with E-state index in [1.165, 1.54) is 16.7 Å². The Hall–Kier alpha value is -2.14. The molecule has 140 valence electrons. The highest BCUT2D eigenvalue weighted by atomic mass is 16.5. The van der Waals surface area contributed by atoms with Gasteiger partial charge in [0.2, 0.25) is 12.4 Å². The van der Waals surface area contributed by atoms with Crippen molar-refractivity contribution in [1.29, 1.82) is 0 Å². The smallest absolute Gasteiger partial charge is 0.213 e. The molecule has 0 aliphatic carbocycles. The van der Waals surface area contributed by atoms with Crippen molar-refractivity contribution in [3.05, 3.63) is 41.1 Å². The van der Waals surface area contributed by atoms with Crippen LogP contribution in [0.3, 0.4) is 0 Å². The largest absolute Gasteiger partial charge is 0.381 e. The monoisotopic (exact) mass is 355 g/mol. The molecule has 2 heterocycles. The van der Waals surface area contributed by atoms with Crippen LogP contribution in [0, 0.1) is 19.3 Å². The third kappa shape index (κ3) is 3.98. The van der Waals surface area contributed by atoms with Crippen molar-refractivity contribution in [2.75, 3.05) is 26.3 Å². The second kappa shape index (κ2) is 8.04. The Kier molecular flexibility index (Phi) is 5.77. The minimum absolute atomic E-state index is 0.340. The molecule has 5 nitrogen and oxygen atoms in total. The third-order valence-corrected chi connectivity index (χ3v) is 5.91. The third-order valence-electron chi connectivity index (χ3n) is 5.91. The van der Waals surface area contributed by atoms with E-state index in [2.05, 4.69) is 54.2 Å². The fourth-order valence-electron chi connectivity index (χ4n) is 3.91. The number of ether oxygens (including phenoxy) is 1. The molecule has 1 aromatic rings. The standard InChI is InChI=1S/C21H29N3O2/c1-16-5-4-6-19(18(16)3)17(2)13-22-20(23-15-25)24-10-7-21(8-11-24)9-12-26-14-21/h4-6,13,15H,7-12,14H2,1-3H3,(H,22,23,25)/b17-13+. The summed E-state index contributed by atoms with van der Waals surface area (Å²) in [6.07, 6.45) is 5.90. The second-order valence-electron chi connectivity index (χ2n) is 7.56. The molecule has 5 heteroatoms. The second-order valence-corrected chi connectivity index (χ2v) is 7.56. The van der Waals surface area contributed by atoms with Crippen LogP contribution in [0.4, 0.5) is 0 Å². The van der Waals surface area contributed by atoms with Crippen LogP contribution >= 0.6 is 0 Å². The Bertz CT molecular complexity index is 708. The molecule has 2 saturated heterocycles. The summed E-state index contributed by atoms with van der Waals surface area (Å²) in [4.78, 5) is 17.8. The number of nitrogens with one attached hydrogen (secondary N) is 1. The zero-order chi connectivity index (χ0) is 18.6. The van der Waals surface area contributed by atoms with Crippen molar-refractivity contribution >= 4 is 17.9 Å². The number of piperidine rings is 1. The number of guanidine groups is 1. The van der Waals surface area contributed by atoms with Crippen molar-refractivity contribution in [1.82, 2.24) is 10.2 Å². The number of hydrogen-bond acceptors (Lipinski definition) is 3. The molecule has 0 aromatic heterocycles. The van der Waals surface area contributed by atoms with Gasteiger partial charge in [-0.05, 0) is 67.7 Å². The van der Waals surface area contributed by atoms with Gasteiger partial charge in [-0.15, -0.1) is 0 Å². The minimum atomic E-state index is 0.340. The summed E-state index contributed by atoms with van der Waals surface area (Å²) >= 11 is 0. The molecule has 2 aliphatic rings. The topological polar surface area (TPSA) is 53.9 Å². The number of amides is 1. The fraction of sp³-hybridized carbons (Fsp3) is 0.524. The van der Waals surface area contributed by atoms with Gasteiger partial charge in [-0.25, -0.2) is 4.99 Å². The molecule has 0 saturated carbocycles. The fourth-order valence-corrected chi connectivity index (χ4v) is 3.91. The average Bonchev–Trinajstić information content (AvgIpc) is 3.09. The Balaban J connectivity index is 1.75. The summed E-state index contributed by atoms with van der Waals surface area (Å²) < 4.78 is 5.60. The van der Waals surface area contributed by atoms with Gasteiger partial charge < -0.3 is 9.64 Å². The van der Waals surface area contributed by atoms with Crippen LogP contribution in [0.5, 0.6) is 0 Å². The van der Waals surface area contributed by atoms with Gasteiger partial charge in [-0.1, -0.05) is 18.2 Å². The number of carbonyl (C=O) groups is 1. The van der Waals surface area contributed by atoms with E-state index in [4.69, 9.17) is 4.74 Å². The molecule has 1 N–H and O–H groups in total. The van der Waals surface area contributed by atoms with Crippen molar-refractivity contribution in [2.45, 2.75) is 40.0 Å². The van der Waals surface area contributed by atoms with Gasteiger partial charge in [0.05, 0.1) is 6.61 Å². The van der Waals surface area contributed by atoms with Gasteiger partial charge in [0.15, 0.2) is 0 Å². The van der Waals surface area contributed by atoms with Crippen molar-refractivity contribution in [2.24, 2.45) is 10.4 Å². The number of likely N-dealkylation sites (tertiary alicyclic amines) is 1. The van der Waals surface area contributed by atoms with E-state index in [9.17, 15) is 4.79 Å². The zero-order valence-corrected chi connectivity index (χ0v) is 16.0. The van der Waals surface area contributed by atoms with E-state index < -0.39 is 0 Å². The number of allylic oxidation sites excluding steroid dienone is 1. The van der Waals surface area contributed by atoms with Crippen LogP contribution < -0.4 is 5.32 Å². The lowest BCUT2D eigenvalue weighted by Gasteiger charge is -2.39. The molecule has 1 amide bonds. The molecule has 2 fully saturated rings. The first-order chi connectivity index (χ1) is 12.5. The van der Waals surface area contributed by atoms with Gasteiger partial charge in [-0.3, -0.25) is 10.1 Å². The van der Waals surface area contributed by atoms with Crippen LogP contribution in [-0.2, 0) is 9.53 Å². The van der Waals surface area contributed by atoms with Crippen LogP contribution in [0.2, 0.25) is 0 Å². The van der Waals surface area contributed by atoms with E-state index in [0.717, 1.165) is 51.1 Å². The number of hydrogen-bond donors (Lipinski definition) is 1. The molecule has 1 spiro atoms. The van der Waals surface area contributed by atoms with E-state index in [-0.39, 0.29) is 0 Å². The number of rotatable bonds is 3. The Labute approximate surface area is 156 Å². The lowest BCUT2D eigenvalue weighted by Crippen LogP contribution is -2.48. The number of benzene rings is 1. The highest BCUT2D eigenvalue weighted by Gasteiger charge is 2.38. The van der Waals surface area contributed by atoms with Crippen molar-refractivity contribution in [3.63, 3.8) is 0 Å². The quantitative estimate of drug-likeness (QED) is 0.514. The number of nitrogens with zero attached hydrogens (tertiary/aromatic N) is 2. The predicted octanol–water partition coefficient (Wildman–Crippen LogP) is 3.27. The molecule has 0 unspecified atom stereocenters. The summed E-state index contributed by atoms with van der Waals surface area (Å²) in [5, 5.41) is 2.78. The average molecular weight is 355 g/mol. The normalized spacial score (nSPS) is 20.5. The lowest BCUT2D eigenvalue weighted by atomic mass is 9.78. The summed E-state index contributed by atoms with van der Waals surface area (Å²) in [6, 6.07) is 6.30. The molecule has 0 atom stereocenters. The summed E-state index contributed by atoms with van der Waals surface area (Å²) in [5.74, 6) is 0.637. The summed E-state index contributed by atoms with van der Waals surface area (Å²) in [6.45, 7) is 9.87. The van der Waals surface area contributed by atoms with E-state index in [1.807, 2.05) is 6.20 Å². The Morgan fingerprint density at radius 2 is 2.04 bits per heavy atom. The molecular formula is C21H29N3O2. The highest BCUT2D eigenvalue weighted by molar-refractivity contribution is 5.89. The maximum Gasteiger partial charge on any atom is 0.213 e. The minimum Gasteiger partial charge on any atom is -0.381 e. The van der Waals surface area contributed by atoms with Gasteiger partial charge >= 0.3 is 0 Å². The molecule has 26 heavy (non-hydrogen) atoms. The van der Waals surface area contributed by atoms with Crippen LogP contribution in [0.25, 0.3) is 5.57 Å². The Morgan fingerprint density at radius 1 is 1.27 bits per heavy atom. The molecule has 0 bridgehead atoms.